The molecule has 0 bridgehead atoms. The first-order chi connectivity index (χ1) is 9.40. The number of amidine groups is 1. The van der Waals surface area contributed by atoms with Crippen molar-refractivity contribution >= 4 is 17.2 Å². The maximum absolute atomic E-state index is 12.4. The molecule has 0 aliphatic carbocycles. The fraction of sp³-hybridized carbons (Fsp3) is 0.400. The standard InChI is InChI=1S/C15H19N3O2/c1-8(2)17-15-9(3)14(20)11(7-16-15)12-5-6-13(19)10(4)18-12/h5-9,19H,1-4H3,(H,16,17). The van der Waals surface area contributed by atoms with Crippen molar-refractivity contribution in [3.05, 3.63) is 29.7 Å². The molecular formula is C15H19N3O2. The maximum Gasteiger partial charge on any atom is 0.176 e. The van der Waals surface area contributed by atoms with Gasteiger partial charge in [0.1, 0.15) is 11.6 Å². The van der Waals surface area contributed by atoms with Crippen molar-refractivity contribution in [2.45, 2.75) is 33.7 Å². The minimum absolute atomic E-state index is 0.0132. The number of nitrogens with one attached hydrogen (secondary N) is 1. The molecule has 2 rings (SSSR count). The van der Waals surface area contributed by atoms with Crippen LogP contribution in [0.4, 0.5) is 0 Å². The summed E-state index contributed by atoms with van der Waals surface area (Å²) in [5.74, 6) is 0.481. The molecule has 1 atom stereocenters. The highest BCUT2D eigenvalue weighted by Gasteiger charge is 2.28. The molecule has 0 fully saturated rings. The van der Waals surface area contributed by atoms with Gasteiger partial charge >= 0.3 is 0 Å². The van der Waals surface area contributed by atoms with Gasteiger partial charge in [-0.05, 0) is 39.8 Å². The zero-order chi connectivity index (χ0) is 14.9. The van der Waals surface area contributed by atoms with Crippen LogP contribution < -0.4 is 5.32 Å². The first kappa shape index (κ1) is 14.2. The number of allylic oxidation sites excluding steroid dienone is 1. The summed E-state index contributed by atoms with van der Waals surface area (Å²) in [6.45, 7) is 7.54. The van der Waals surface area contributed by atoms with E-state index in [9.17, 15) is 9.90 Å². The monoisotopic (exact) mass is 273 g/mol. The number of hydrogen-bond acceptors (Lipinski definition) is 5. The molecule has 5 heteroatoms. The minimum atomic E-state index is -0.312. The molecule has 1 aliphatic rings. The number of carbonyl (C=O) groups is 1. The number of rotatable bonds is 2. The molecule has 1 aliphatic heterocycles. The van der Waals surface area contributed by atoms with E-state index in [1.54, 1.807) is 25.3 Å². The second-order valence-corrected chi connectivity index (χ2v) is 5.24. The fourth-order valence-electron chi connectivity index (χ4n) is 2.02. The van der Waals surface area contributed by atoms with Gasteiger partial charge in [0, 0.05) is 12.2 Å². The molecule has 1 aromatic heterocycles. The van der Waals surface area contributed by atoms with Crippen LogP contribution in [0, 0.1) is 12.8 Å². The van der Waals surface area contributed by atoms with Crippen molar-refractivity contribution in [1.82, 2.24) is 10.3 Å². The molecular weight excluding hydrogens is 254 g/mol. The second kappa shape index (κ2) is 5.45. The predicted molar refractivity (Wildman–Crippen MR) is 78.5 cm³/mol. The van der Waals surface area contributed by atoms with Gasteiger partial charge in [-0.3, -0.25) is 4.79 Å². The Morgan fingerprint density at radius 2 is 2.05 bits per heavy atom. The average Bonchev–Trinajstić information content (AvgIpc) is 2.38. The number of hydrogen-bond donors (Lipinski definition) is 2. The summed E-state index contributed by atoms with van der Waals surface area (Å²) in [5, 5.41) is 12.7. The number of Topliss-reactive ketones (excluding diaryl/α,β-unsaturated/α-hetero) is 1. The van der Waals surface area contributed by atoms with E-state index in [1.165, 1.54) is 0 Å². The smallest absolute Gasteiger partial charge is 0.176 e. The molecule has 106 valence electrons. The van der Waals surface area contributed by atoms with E-state index >= 15 is 0 Å². The Bertz CT molecular complexity index is 603. The third-order valence-electron chi connectivity index (χ3n) is 3.17. The molecule has 1 aromatic rings. The van der Waals surface area contributed by atoms with Gasteiger partial charge in [-0.1, -0.05) is 0 Å². The molecule has 20 heavy (non-hydrogen) atoms. The second-order valence-electron chi connectivity index (χ2n) is 5.24. The van der Waals surface area contributed by atoms with Crippen molar-refractivity contribution in [3.8, 4) is 5.75 Å². The summed E-state index contributed by atoms with van der Waals surface area (Å²) in [4.78, 5) is 21.0. The molecule has 0 saturated carbocycles. The van der Waals surface area contributed by atoms with Gasteiger partial charge < -0.3 is 10.4 Å². The Kier molecular flexibility index (Phi) is 3.88. The zero-order valence-corrected chi connectivity index (χ0v) is 12.1. The van der Waals surface area contributed by atoms with E-state index in [-0.39, 0.29) is 23.5 Å². The van der Waals surface area contributed by atoms with Crippen LogP contribution in [0.5, 0.6) is 5.75 Å². The molecule has 2 heterocycles. The van der Waals surface area contributed by atoms with Gasteiger partial charge in [0.05, 0.1) is 22.9 Å². The fourth-order valence-corrected chi connectivity index (χ4v) is 2.02. The first-order valence-electron chi connectivity index (χ1n) is 6.65. The van der Waals surface area contributed by atoms with Crippen molar-refractivity contribution in [2.75, 3.05) is 0 Å². The molecule has 1 unspecified atom stereocenters. The van der Waals surface area contributed by atoms with E-state index in [0.717, 1.165) is 0 Å². The molecule has 0 aromatic carbocycles. The van der Waals surface area contributed by atoms with Crippen molar-refractivity contribution in [3.63, 3.8) is 0 Å². The van der Waals surface area contributed by atoms with Gasteiger partial charge in [-0.15, -0.1) is 0 Å². The Labute approximate surface area is 118 Å². The molecule has 0 radical (unpaired) electrons. The summed E-state index contributed by atoms with van der Waals surface area (Å²) in [5.41, 5.74) is 1.53. The van der Waals surface area contributed by atoms with Gasteiger partial charge in [-0.2, -0.15) is 0 Å². The van der Waals surface area contributed by atoms with Crippen molar-refractivity contribution in [2.24, 2.45) is 10.9 Å². The van der Waals surface area contributed by atoms with Crippen LogP contribution in [0.3, 0.4) is 0 Å². The summed E-state index contributed by atoms with van der Waals surface area (Å²) >= 11 is 0. The number of aliphatic imine (C=N–C) groups is 1. The van der Waals surface area contributed by atoms with Crippen LogP contribution in [0.15, 0.2) is 23.3 Å². The topological polar surface area (TPSA) is 74.6 Å². The van der Waals surface area contributed by atoms with Gasteiger partial charge in [0.2, 0.25) is 0 Å². The van der Waals surface area contributed by atoms with Crippen LogP contribution >= 0.6 is 0 Å². The van der Waals surface area contributed by atoms with E-state index in [2.05, 4.69) is 15.3 Å². The lowest BCUT2D eigenvalue weighted by Gasteiger charge is -2.22. The SMILES string of the molecule is Cc1nc(C2=CN=C(NC(C)C)C(C)C2=O)ccc1O. The zero-order valence-electron chi connectivity index (χ0n) is 12.1. The van der Waals surface area contributed by atoms with Gasteiger partial charge in [0.25, 0.3) is 0 Å². The number of aromatic nitrogens is 1. The lowest BCUT2D eigenvalue weighted by Crippen LogP contribution is -2.39. The number of carbonyl (C=O) groups excluding carboxylic acids is 1. The highest BCUT2D eigenvalue weighted by Crippen LogP contribution is 2.24. The number of pyridine rings is 1. The number of aryl methyl sites for hydroxylation is 1. The Morgan fingerprint density at radius 1 is 1.35 bits per heavy atom. The largest absolute Gasteiger partial charge is 0.506 e. The third kappa shape index (κ3) is 2.71. The van der Waals surface area contributed by atoms with Crippen LogP contribution in [0.25, 0.3) is 5.57 Å². The third-order valence-corrected chi connectivity index (χ3v) is 3.17. The van der Waals surface area contributed by atoms with Crippen LogP contribution in [-0.4, -0.2) is 27.8 Å². The summed E-state index contributed by atoms with van der Waals surface area (Å²) in [6.07, 6.45) is 1.55. The van der Waals surface area contributed by atoms with Crippen molar-refractivity contribution < 1.29 is 9.90 Å². The van der Waals surface area contributed by atoms with E-state index < -0.39 is 0 Å². The Balaban J connectivity index is 2.37. The Morgan fingerprint density at radius 3 is 2.65 bits per heavy atom. The summed E-state index contributed by atoms with van der Waals surface area (Å²) in [7, 11) is 0. The summed E-state index contributed by atoms with van der Waals surface area (Å²) in [6, 6.07) is 3.41. The van der Waals surface area contributed by atoms with E-state index in [4.69, 9.17) is 0 Å². The normalized spacial score (nSPS) is 18.9. The number of ketones is 1. The highest BCUT2D eigenvalue weighted by molar-refractivity contribution is 6.28. The van der Waals surface area contributed by atoms with Crippen molar-refractivity contribution in [1.29, 1.82) is 0 Å². The van der Waals surface area contributed by atoms with Crippen LogP contribution in [-0.2, 0) is 4.79 Å². The Hall–Kier alpha value is -2.17. The first-order valence-corrected chi connectivity index (χ1v) is 6.65. The highest BCUT2D eigenvalue weighted by atomic mass is 16.3. The summed E-state index contributed by atoms with van der Waals surface area (Å²) < 4.78 is 0. The molecule has 0 amide bonds. The minimum Gasteiger partial charge on any atom is -0.506 e. The molecule has 0 spiro atoms. The molecule has 5 nitrogen and oxygen atoms in total. The number of nitrogens with zero attached hydrogens (tertiary/aromatic N) is 2. The maximum atomic E-state index is 12.4. The average molecular weight is 273 g/mol. The number of aromatic hydroxyl groups is 1. The van der Waals surface area contributed by atoms with E-state index in [0.29, 0.717) is 22.8 Å². The lowest BCUT2D eigenvalue weighted by molar-refractivity contribution is -0.115. The van der Waals surface area contributed by atoms with Gasteiger partial charge in [0.15, 0.2) is 5.78 Å². The quantitative estimate of drug-likeness (QED) is 0.865. The molecule has 0 saturated heterocycles. The van der Waals surface area contributed by atoms with E-state index in [1.807, 2.05) is 20.8 Å². The lowest BCUT2D eigenvalue weighted by atomic mass is 9.94. The van der Waals surface area contributed by atoms with Crippen LogP contribution in [0.2, 0.25) is 0 Å². The van der Waals surface area contributed by atoms with Gasteiger partial charge in [-0.25, -0.2) is 9.98 Å². The molecule has 2 N–H and O–H groups in total. The predicted octanol–water partition coefficient (Wildman–Crippen LogP) is 2.05. The van der Waals surface area contributed by atoms with Crippen LogP contribution in [0.1, 0.15) is 32.2 Å².